The third-order valence-electron chi connectivity index (χ3n) is 4.80. The van der Waals surface area contributed by atoms with Gasteiger partial charge >= 0.3 is 5.76 Å². The Labute approximate surface area is 154 Å². The average molecular weight is 393 g/mol. The Bertz CT molecular complexity index is 1080. The molecule has 1 saturated heterocycles. The molecule has 1 aliphatic heterocycles. The number of nitrogens with zero attached hydrogens (tertiary/aromatic N) is 2. The number of benzene rings is 1. The summed E-state index contributed by atoms with van der Waals surface area (Å²) in [5, 5.41) is 4.06. The van der Waals surface area contributed by atoms with Crippen LogP contribution in [0, 0.1) is 0 Å². The number of likely N-dealkylation sites (tertiary alicyclic amines) is 1. The molecule has 1 atom stereocenters. The topological polar surface area (TPSA) is 84.5 Å². The van der Waals surface area contributed by atoms with E-state index in [0.717, 1.165) is 25.1 Å². The van der Waals surface area contributed by atoms with Crippen molar-refractivity contribution in [2.24, 2.45) is 7.05 Å². The molecular weight excluding hydrogens is 374 g/mol. The van der Waals surface area contributed by atoms with Crippen LogP contribution < -0.4 is 10.5 Å². The number of aryl methyl sites for hydroxylation is 1. The van der Waals surface area contributed by atoms with Crippen molar-refractivity contribution in [3.8, 4) is 0 Å². The van der Waals surface area contributed by atoms with Crippen LogP contribution in [0.1, 0.15) is 18.0 Å². The minimum absolute atomic E-state index is 0.0341. The van der Waals surface area contributed by atoms with Crippen molar-refractivity contribution >= 4 is 32.5 Å². The summed E-state index contributed by atoms with van der Waals surface area (Å²) in [7, 11) is -2.14. The molecule has 0 saturated carbocycles. The van der Waals surface area contributed by atoms with E-state index in [1.165, 1.54) is 22.8 Å². The van der Waals surface area contributed by atoms with Crippen molar-refractivity contribution < 1.29 is 12.8 Å². The maximum Gasteiger partial charge on any atom is 0.419 e. The molecule has 3 aromatic rings. The Morgan fingerprint density at radius 2 is 2.12 bits per heavy atom. The molecule has 1 fully saturated rings. The maximum absolute atomic E-state index is 12.8. The molecule has 0 amide bonds. The lowest BCUT2D eigenvalue weighted by molar-refractivity contribution is 0.120. The fourth-order valence-corrected chi connectivity index (χ4v) is 4.89. The molecule has 1 N–H and O–H groups in total. The van der Waals surface area contributed by atoms with E-state index in [1.807, 2.05) is 11.4 Å². The molecule has 1 aliphatic rings. The van der Waals surface area contributed by atoms with E-state index < -0.39 is 15.8 Å². The molecule has 0 bridgehead atoms. The summed E-state index contributed by atoms with van der Waals surface area (Å²) < 4.78 is 34.6. The van der Waals surface area contributed by atoms with Crippen LogP contribution in [0.2, 0.25) is 0 Å². The third kappa shape index (κ3) is 3.11. The Morgan fingerprint density at radius 3 is 2.77 bits per heavy atom. The minimum Gasteiger partial charge on any atom is -0.408 e. The largest absolute Gasteiger partial charge is 0.419 e. The van der Waals surface area contributed by atoms with Crippen LogP contribution in [-0.4, -0.2) is 37.5 Å². The van der Waals surface area contributed by atoms with Crippen molar-refractivity contribution in [3.63, 3.8) is 0 Å². The molecule has 4 rings (SSSR count). The zero-order valence-electron chi connectivity index (χ0n) is 14.2. The first kappa shape index (κ1) is 17.5. The molecule has 0 spiro atoms. The van der Waals surface area contributed by atoms with E-state index in [-0.39, 0.29) is 10.9 Å². The van der Waals surface area contributed by atoms with Crippen molar-refractivity contribution in [2.75, 3.05) is 19.6 Å². The van der Waals surface area contributed by atoms with Crippen LogP contribution in [0.5, 0.6) is 0 Å². The van der Waals surface area contributed by atoms with E-state index in [2.05, 4.69) is 15.0 Å². The number of thiophene rings is 1. The first-order valence-electron chi connectivity index (χ1n) is 8.31. The number of fused-ring (bicyclic) bond motifs is 1. The van der Waals surface area contributed by atoms with Gasteiger partial charge in [0, 0.05) is 32.7 Å². The SMILES string of the molecule is Cn1c(=O)oc2ccc(S(=O)(=O)NCC(c3ccsc3)N3CCC3)cc21. The summed E-state index contributed by atoms with van der Waals surface area (Å²) in [5.74, 6) is -0.516. The molecule has 138 valence electrons. The van der Waals surface area contributed by atoms with Gasteiger partial charge in [0.25, 0.3) is 0 Å². The first-order chi connectivity index (χ1) is 12.5. The van der Waals surface area contributed by atoms with E-state index in [4.69, 9.17) is 4.42 Å². The van der Waals surface area contributed by atoms with Crippen LogP contribution in [0.25, 0.3) is 11.1 Å². The summed E-state index contributed by atoms with van der Waals surface area (Å²) in [4.78, 5) is 14.0. The Hall–Kier alpha value is -1.94. The summed E-state index contributed by atoms with van der Waals surface area (Å²) in [5.41, 5.74) is 1.95. The Kier molecular flexibility index (Phi) is 4.47. The van der Waals surface area contributed by atoms with Gasteiger partial charge in [-0.15, -0.1) is 0 Å². The standard InChI is InChI=1S/C17H19N3O4S2/c1-19-14-9-13(3-4-16(14)24-17(19)21)26(22,23)18-10-15(20-6-2-7-20)12-5-8-25-11-12/h3-5,8-9,11,15,18H,2,6-7,10H2,1H3. The predicted molar refractivity (Wildman–Crippen MR) is 99.9 cm³/mol. The van der Waals surface area contributed by atoms with Gasteiger partial charge < -0.3 is 4.42 Å². The van der Waals surface area contributed by atoms with Crippen molar-refractivity contribution in [1.29, 1.82) is 0 Å². The summed E-state index contributed by atoms with van der Waals surface area (Å²) in [6.07, 6.45) is 1.14. The molecule has 26 heavy (non-hydrogen) atoms. The molecule has 7 nitrogen and oxygen atoms in total. The van der Waals surface area contributed by atoms with Crippen LogP contribution in [-0.2, 0) is 17.1 Å². The summed E-state index contributed by atoms with van der Waals surface area (Å²) in [6.45, 7) is 2.26. The molecule has 3 heterocycles. The normalized spacial score (nSPS) is 16.7. The number of oxazole rings is 1. The molecule has 2 aromatic heterocycles. The smallest absolute Gasteiger partial charge is 0.408 e. The van der Waals surface area contributed by atoms with Gasteiger partial charge in [0.2, 0.25) is 10.0 Å². The zero-order chi connectivity index (χ0) is 18.3. The van der Waals surface area contributed by atoms with Crippen molar-refractivity contribution in [3.05, 3.63) is 51.1 Å². The molecule has 1 unspecified atom stereocenters. The third-order valence-corrected chi connectivity index (χ3v) is 6.92. The lowest BCUT2D eigenvalue weighted by Crippen LogP contribution is -2.44. The van der Waals surface area contributed by atoms with E-state index in [9.17, 15) is 13.2 Å². The lowest BCUT2D eigenvalue weighted by atomic mass is 10.1. The highest BCUT2D eigenvalue weighted by molar-refractivity contribution is 7.89. The quantitative estimate of drug-likeness (QED) is 0.692. The number of sulfonamides is 1. The van der Waals surface area contributed by atoms with Crippen molar-refractivity contribution in [1.82, 2.24) is 14.2 Å². The van der Waals surface area contributed by atoms with Gasteiger partial charge in [0.05, 0.1) is 10.4 Å². The second-order valence-corrected chi connectivity index (χ2v) is 8.92. The number of hydrogen-bond donors (Lipinski definition) is 1. The molecule has 9 heteroatoms. The monoisotopic (exact) mass is 393 g/mol. The zero-order valence-corrected chi connectivity index (χ0v) is 15.8. The fourth-order valence-electron chi connectivity index (χ4n) is 3.12. The predicted octanol–water partition coefficient (Wildman–Crippen LogP) is 1.92. The average Bonchev–Trinajstić information content (AvgIpc) is 3.19. The Morgan fingerprint density at radius 1 is 1.31 bits per heavy atom. The van der Waals surface area contributed by atoms with E-state index in [0.29, 0.717) is 17.6 Å². The van der Waals surface area contributed by atoms with E-state index >= 15 is 0 Å². The van der Waals surface area contributed by atoms with Crippen LogP contribution in [0.3, 0.4) is 0 Å². The van der Waals surface area contributed by atoms with Gasteiger partial charge in [-0.2, -0.15) is 11.3 Å². The number of aromatic nitrogens is 1. The van der Waals surface area contributed by atoms with E-state index in [1.54, 1.807) is 18.4 Å². The van der Waals surface area contributed by atoms with Gasteiger partial charge in [0.15, 0.2) is 5.58 Å². The minimum atomic E-state index is -3.69. The highest BCUT2D eigenvalue weighted by Gasteiger charge is 2.27. The second-order valence-electron chi connectivity index (χ2n) is 6.37. The number of rotatable bonds is 6. The van der Waals surface area contributed by atoms with Gasteiger partial charge in [-0.3, -0.25) is 9.47 Å². The molecule has 0 radical (unpaired) electrons. The van der Waals surface area contributed by atoms with Gasteiger partial charge in [-0.25, -0.2) is 17.9 Å². The van der Waals surface area contributed by atoms with Gasteiger partial charge in [-0.1, -0.05) is 0 Å². The summed E-state index contributed by atoms with van der Waals surface area (Å²) >= 11 is 1.61. The molecular formula is C17H19N3O4S2. The first-order valence-corrected chi connectivity index (χ1v) is 10.7. The highest BCUT2D eigenvalue weighted by Crippen LogP contribution is 2.27. The summed E-state index contributed by atoms with van der Waals surface area (Å²) in [6, 6.07) is 6.50. The molecule has 0 aliphatic carbocycles. The number of hydrogen-bond acceptors (Lipinski definition) is 6. The van der Waals surface area contributed by atoms with Crippen LogP contribution in [0.4, 0.5) is 0 Å². The lowest BCUT2D eigenvalue weighted by Gasteiger charge is -2.38. The van der Waals surface area contributed by atoms with Crippen LogP contribution in [0.15, 0.2) is 49.1 Å². The second kappa shape index (κ2) is 6.66. The van der Waals surface area contributed by atoms with Gasteiger partial charge in [0.1, 0.15) is 0 Å². The highest BCUT2D eigenvalue weighted by atomic mass is 32.2. The fraction of sp³-hybridized carbons (Fsp3) is 0.353. The maximum atomic E-state index is 12.8. The molecule has 1 aromatic carbocycles. The van der Waals surface area contributed by atoms with Crippen molar-refractivity contribution in [2.45, 2.75) is 17.4 Å². The van der Waals surface area contributed by atoms with Crippen LogP contribution >= 0.6 is 11.3 Å². The van der Waals surface area contributed by atoms with Gasteiger partial charge in [-0.05, 0) is 47.0 Å². The Balaban J connectivity index is 1.58. The number of nitrogens with one attached hydrogen (secondary N) is 1.